The maximum absolute atomic E-state index is 14.5. The van der Waals surface area contributed by atoms with Gasteiger partial charge in [0.25, 0.3) is 0 Å². The Labute approximate surface area is 392 Å². The van der Waals surface area contributed by atoms with Gasteiger partial charge in [-0.15, -0.1) is 0 Å². The normalized spacial score (nSPS) is 13.9. The first-order chi connectivity index (χ1) is 32.8. The van der Waals surface area contributed by atoms with Gasteiger partial charge in [0.1, 0.15) is 36.3 Å². The minimum atomic E-state index is -1.29. The van der Waals surface area contributed by atoms with E-state index in [0.717, 1.165) is 21.8 Å². The molecule has 7 amide bonds. The molecule has 6 atom stereocenters. The summed E-state index contributed by atoms with van der Waals surface area (Å²) in [5.74, 6) is -4.89. The van der Waals surface area contributed by atoms with Crippen LogP contribution in [0.2, 0.25) is 0 Å². The van der Waals surface area contributed by atoms with Crippen LogP contribution in [0.4, 0.5) is 0 Å². The van der Waals surface area contributed by atoms with Crippen molar-refractivity contribution in [1.29, 1.82) is 0 Å². The fraction of sp³-hybridized carbons (Fsp3) is 0.333. The van der Waals surface area contributed by atoms with E-state index in [1.165, 1.54) is 19.4 Å². The summed E-state index contributed by atoms with van der Waals surface area (Å²) in [6, 6.07) is 16.6. The zero-order valence-electron chi connectivity index (χ0n) is 37.7. The van der Waals surface area contributed by atoms with E-state index in [4.69, 9.17) is 17.2 Å². The summed E-state index contributed by atoms with van der Waals surface area (Å²) in [4.78, 5) is 109. The van der Waals surface area contributed by atoms with Gasteiger partial charge in [-0.25, -0.2) is 4.98 Å². The van der Waals surface area contributed by atoms with Gasteiger partial charge in [0.15, 0.2) is 0 Å². The molecule has 0 saturated carbocycles. The molecule has 3 aromatic heterocycles. The van der Waals surface area contributed by atoms with Crippen LogP contribution in [-0.2, 0) is 59.2 Å². The van der Waals surface area contributed by atoms with Gasteiger partial charge in [0.2, 0.25) is 41.4 Å². The van der Waals surface area contributed by atoms with Crippen molar-refractivity contribution in [2.45, 2.75) is 88.1 Å². The van der Waals surface area contributed by atoms with E-state index < -0.39 is 77.6 Å². The highest BCUT2D eigenvalue weighted by atomic mass is 16.2. The van der Waals surface area contributed by atoms with Crippen LogP contribution >= 0.6 is 0 Å². The van der Waals surface area contributed by atoms with Gasteiger partial charge in [0.05, 0.1) is 12.9 Å². The smallest absolute Gasteiger partial charge is 0.243 e. The Kier molecular flexibility index (Phi) is 17.6. The van der Waals surface area contributed by atoms with Crippen molar-refractivity contribution >= 4 is 63.2 Å². The molecule has 0 aliphatic heterocycles. The number of aromatic nitrogens is 4. The van der Waals surface area contributed by atoms with Crippen molar-refractivity contribution < 1.29 is 33.6 Å². The molecule has 0 spiro atoms. The highest BCUT2D eigenvalue weighted by Crippen LogP contribution is 2.21. The van der Waals surface area contributed by atoms with Gasteiger partial charge in [-0.1, -0.05) is 66.7 Å². The van der Waals surface area contributed by atoms with Gasteiger partial charge in [-0.2, -0.15) is 0 Å². The van der Waals surface area contributed by atoms with Crippen molar-refractivity contribution in [3.63, 3.8) is 0 Å². The van der Waals surface area contributed by atoms with E-state index in [0.29, 0.717) is 41.8 Å². The number of fused-ring (bicyclic) bond motifs is 2. The Hall–Kier alpha value is -7.84. The summed E-state index contributed by atoms with van der Waals surface area (Å²) in [6.07, 6.45) is 7.76. The topological polar surface area (TPSA) is 330 Å². The van der Waals surface area contributed by atoms with E-state index in [9.17, 15) is 33.6 Å². The predicted octanol–water partition coefficient (Wildman–Crippen LogP) is 0.145. The number of amides is 7. The van der Waals surface area contributed by atoms with Gasteiger partial charge in [-0.3, -0.25) is 33.6 Å². The summed E-state index contributed by atoms with van der Waals surface area (Å²) < 4.78 is 0. The average Bonchev–Trinajstić information content (AvgIpc) is 4.11. The van der Waals surface area contributed by atoms with Gasteiger partial charge >= 0.3 is 0 Å². The number of imidazole rings is 1. The number of H-pyrrole nitrogens is 3. The summed E-state index contributed by atoms with van der Waals surface area (Å²) in [7, 11) is 0. The third kappa shape index (κ3) is 13.6. The number of rotatable bonds is 25. The lowest BCUT2D eigenvalue weighted by Gasteiger charge is -2.27. The second-order valence-electron chi connectivity index (χ2n) is 16.6. The number of nitrogens with one attached hydrogen (secondary N) is 9. The lowest BCUT2D eigenvalue weighted by atomic mass is 10.0. The molecule has 0 radical (unpaired) electrons. The van der Waals surface area contributed by atoms with E-state index >= 15 is 0 Å². The van der Waals surface area contributed by atoms with E-state index in [1.807, 2.05) is 54.6 Å². The second-order valence-corrected chi connectivity index (χ2v) is 16.6. The Morgan fingerprint density at radius 3 is 1.59 bits per heavy atom. The number of hydrogen-bond donors (Lipinski definition) is 12. The molecule has 20 nitrogen and oxygen atoms in total. The van der Waals surface area contributed by atoms with Crippen molar-refractivity contribution in [3.05, 3.63) is 126 Å². The van der Waals surface area contributed by atoms with E-state index in [2.05, 4.69) is 51.8 Å². The third-order valence-electron chi connectivity index (χ3n) is 11.6. The van der Waals surface area contributed by atoms with Gasteiger partial charge in [0, 0.05) is 71.8 Å². The van der Waals surface area contributed by atoms with Crippen molar-refractivity contribution in [3.8, 4) is 0 Å². The van der Waals surface area contributed by atoms with Crippen LogP contribution in [0.25, 0.3) is 21.8 Å². The summed E-state index contributed by atoms with van der Waals surface area (Å²) in [5.41, 5.74) is 21.1. The third-order valence-corrected chi connectivity index (χ3v) is 11.6. The first-order valence-electron chi connectivity index (χ1n) is 22.4. The molecule has 358 valence electrons. The number of primary amides is 1. The minimum Gasteiger partial charge on any atom is -0.368 e. The zero-order chi connectivity index (χ0) is 48.6. The first-order valence-corrected chi connectivity index (χ1v) is 22.4. The summed E-state index contributed by atoms with van der Waals surface area (Å²) in [5, 5.41) is 18.0. The number of aromatic amines is 3. The first kappa shape index (κ1) is 49.6. The molecule has 0 saturated heterocycles. The molecule has 68 heavy (non-hydrogen) atoms. The number of hydrogen-bond acceptors (Lipinski definition) is 10. The molecule has 15 N–H and O–H groups in total. The predicted molar refractivity (Wildman–Crippen MR) is 255 cm³/mol. The van der Waals surface area contributed by atoms with E-state index in [1.54, 1.807) is 36.7 Å². The number of nitrogens with zero attached hydrogens (tertiary/aromatic N) is 1. The number of benzene rings is 3. The van der Waals surface area contributed by atoms with Gasteiger partial charge < -0.3 is 64.1 Å². The van der Waals surface area contributed by atoms with Crippen LogP contribution in [0.5, 0.6) is 0 Å². The zero-order valence-corrected chi connectivity index (χ0v) is 37.7. The maximum atomic E-state index is 14.5. The molecule has 3 heterocycles. The molecule has 0 aliphatic carbocycles. The highest BCUT2D eigenvalue weighted by molar-refractivity contribution is 5.98. The molecular formula is C48H59N13O7. The molecule has 0 aliphatic rings. The van der Waals surface area contributed by atoms with Crippen LogP contribution < -0.4 is 49.1 Å². The van der Waals surface area contributed by atoms with Crippen molar-refractivity contribution in [2.75, 3.05) is 13.1 Å². The maximum Gasteiger partial charge on any atom is 0.243 e. The summed E-state index contributed by atoms with van der Waals surface area (Å²) in [6.45, 7) is 1.44. The SMILES string of the molecule is C[C@H](NC(=O)[C@@H](Cc1c[nH]c2ccccc12)NC(=O)[C@H](Cc1cnc[nH]1)NC(=O)CN)C(=O)N[C@@H](Cc1c[nH]c2ccccc12)C(=O)N[C@H](Cc1ccccc1)C(=O)N[C@@H](CCCCN)C(N)=O. The largest absolute Gasteiger partial charge is 0.368 e. The molecule has 6 aromatic rings. The Morgan fingerprint density at radius 1 is 0.559 bits per heavy atom. The Bertz CT molecular complexity index is 2660. The average molecular weight is 930 g/mol. The van der Waals surface area contributed by atoms with Crippen molar-refractivity contribution in [2.24, 2.45) is 17.2 Å². The lowest BCUT2D eigenvalue weighted by molar-refractivity contribution is -0.135. The number of nitrogens with two attached hydrogens (primary N) is 3. The Balaban J connectivity index is 1.24. The number of unbranched alkanes of at least 4 members (excludes halogenated alkanes) is 1. The fourth-order valence-corrected chi connectivity index (χ4v) is 7.87. The quantitative estimate of drug-likeness (QED) is 0.0345. The second kappa shape index (κ2) is 24.1. The van der Waals surface area contributed by atoms with Crippen LogP contribution in [0.3, 0.4) is 0 Å². The fourth-order valence-electron chi connectivity index (χ4n) is 7.87. The number of carbonyl (C=O) groups is 7. The molecule has 6 rings (SSSR count). The number of para-hydroxylation sites is 2. The van der Waals surface area contributed by atoms with E-state index in [-0.39, 0.29) is 38.6 Å². The minimum absolute atomic E-state index is 0.00602. The molecule has 3 aromatic carbocycles. The number of carbonyl (C=O) groups excluding carboxylic acids is 7. The Morgan fingerprint density at radius 2 is 1.06 bits per heavy atom. The standard InChI is InChI=1S/C48H59N13O7/c1-28(56-45(65)39(20-30-24-53-35-15-7-5-13-33(30)35)61-48(68)41(57-42(62)23-50)22-32-26-52-27-55-32)44(64)59-40(21-31-25-54-36-16-8-6-14-34(31)36)47(67)60-38(19-29-11-3-2-4-12-29)46(66)58-37(43(51)63)17-9-10-18-49/h2-8,11-16,24-28,37-41,53-54H,9-10,17-23,49-50H2,1H3,(H2,51,63)(H,52,55)(H,56,65)(H,57,62)(H,58,66)(H,59,64)(H,60,67)(H,61,68)/t28-,37-,38+,39+,40-,41-/m0/s1. The molecule has 0 fully saturated rings. The monoisotopic (exact) mass is 929 g/mol. The summed E-state index contributed by atoms with van der Waals surface area (Å²) >= 11 is 0. The molecule has 0 unspecified atom stereocenters. The van der Waals surface area contributed by atoms with Gasteiger partial charge in [-0.05, 0) is 61.6 Å². The molecule has 0 bridgehead atoms. The van der Waals surface area contributed by atoms with Crippen molar-refractivity contribution in [1.82, 2.24) is 51.8 Å². The van der Waals surface area contributed by atoms with Crippen LogP contribution in [0.15, 0.2) is 104 Å². The molecular weight excluding hydrogens is 871 g/mol. The highest BCUT2D eigenvalue weighted by Gasteiger charge is 2.33. The van der Waals surface area contributed by atoms with Crippen LogP contribution in [0, 0.1) is 0 Å². The van der Waals surface area contributed by atoms with Crippen LogP contribution in [-0.4, -0.2) is 111 Å². The molecule has 20 heteroatoms. The van der Waals surface area contributed by atoms with Crippen LogP contribution in [0.1, 0.15) is 48.6 Å². The lowest BCUT2D eigenvalue weighted by Crippen LogP contribution is -2.60.